The third-order valence-corrected chi connectivity index (χ3v) is 2.93. The van der Waals surface area contributed by atoms with E-state index in [1.807, 2.05) is 58.1 Å². The Morgan fingerprint density at radius 2 is 1.62 bits per heavy atom. The zero-order valence-corrected chi connectivity index (χ0v) is 13.9. The van der Waals surface area contributed by atoms with E-state index in [9.17, 15) is 4.79 Å². The van der Waals surface area contributed by atoms with E-state index in [4.69, 9.17) is 0 Å². The molecule has 0 spiro atoms. The molecule has 1 aliphatic carbocycles. The molecule has 1 saturated carbocycles. The molecule has 0 radical (unpaired) electrons. The maximum absolute atomic E-state index is 12.3. The van der Waals surface area contributed by atoms with Gasteiger partial charge in [0.1, 0.15) is 0 Å². The second kappa shape index (κ2) is 10.8. The lowest BCUT2D eigenvalue weighted by Crippen LogP contribution is -2.12. The zero-order chi connectivity index (χ0) is 16.3. The van der Waals surface area contributed by atoms with E-state index in [1.54, 1.807) is 6.08 Å². The van der Waals surface area contributed by atoms with Crippen LogP contribution in [0.2, 0.25) is 0 Å². The van der Waals surface area contributed by atoms with Crippen LogP contribution in [0.1, 0.15) is 47.0 Å². The second-order valence-electron chi connectivity index (χ2n) is 5.07. The predicted octanol–water partition coefficient (Wildman–Crippen LogP) is 5.88. The van der Waals surface area contributed by atoms with Crippen molar-refractivity contribution < 1.29 is 4.79 Å². The minimum Gasteiger partial charge on any atom is -0.289 e. The maximum Gasteiger partial charge on any atom is 0.185 e. The Hall–Kier alpha value is -1.89. The van der Waals surface area contributed by atoms with Crippen molar-refractivity contribution in [2.75, 3.05) is 0 Å². The molecule has 1 rings (SSSR count). The lowest BCUT2D eigenvalue weighted by Gasteiger charge is -2.16. The predicted molar refractivity (Wildman–Crippen MR) is 94.3 cm³/mol. The summed E-state index contributed by atoms with van der Waals surface area (Å²) in [5.41, 5.74) is 3.85. The Morgan fingerprint density at radius 3 is 2.05 bits per heavy atom. The highest BCUT2D eigenvalue weighted by molar-refractivity contribution is 6.09. The second-order valence-corrected chi connectivity index (χ2v) is 5.07. The van der Waals surface area contributed by atoms with Gasteiger partial charge in [0.15, 0.2) is 5.78 Å². The van der Waals surface area contributed by atoms with Crippen molar-refractivity contribution in [2.45, 2.75) is 47.0 Å². The smallest absolute Gasteiger partial charge is 0.185 e. The van der Waals surface area contributed by atoms with Gasteiger partial charge in [-0.25, -0.2) is 0 Å². The van der Waals surface area contributed by atoms with Crippen LogP contribution in [-0.2, 0) is 4.79 Å². The first-order valence-corrected chi connectivity index (χ1v) is 7.47. The standard InChI is InChI=1S/C17H22O.C3H6/c1-5-8-14(6-2)12-16-10-7-9-15(17(16)18)11-13(3)4;1-3-2/h5-6,8,11-12H,3,7,9-10H2,1-2,4H3;3H,1H2,2H3/b8-5-,14-6+,15-11+,16-12+;. The number of carbonyl (C=O) groups excluding carboxylic acids is 1. The first-order chi connectivity index (χ1) is 9.99. The number of hydrogen-bond acceptors (Lipinski definition) is 1. The van der Waals surface area contributed by atoms with Gasteiger partial charge in [-0.2, -0.15) is 0 Å². The van der Waals surface area contributed by atoms with Crippen molar-refractivity contribution in [3.05, 3.63) is 71.9 Å². The van der Waals surface area contributed by atoms with Gasteiger partial charge in [-0.05, 0) is 64.2 Å². The first kappa shape index (κ1) is 19.1. The van der Waals surface area contributed by atoms with Gasteiger partial charge in [-0.1, -0.05) is 42.5 Å². The molecular formula is C20H28O. The molecule has 0 bridgehead atoms. The maximum atomic E-state index is 12.3. The number of carbonyl (C=O) groups is 1. The highest BCUT2D eigenvalue weighted by atomic mass is 16.1. The van der Waals surface area contributed by atoms with E-state index in [0.717, 1.165) is 41.6 Å². The van der Waals surface area contributed by atoms with E-state index < -0.39 is 0 Å². The van der Waals surface area contributed by atoms with E-state index in [2.05, 4.69) is 13.2 Å². The molecule has 0 N–H and O–H groups in total. The van der Waals surface area contributed by atoms with Gasteiger partial charge < -0.3 is 0 Å². The normalized spacial score (nSPS) is 19.6. The minimum absolute atomic E-state index is 0.188. The molecule has 0 heterocycles. The summed E-state index contributed by atoms with van der Waals surface area (Å²) in [7, 11) is 0. The van der Waals surface area contributed by atoms with E-state index >= 15 is 0 Å². The van der Waals surface area contributed by atoms with Crippen molar-refractivity contribution in [3.8, 4) is 0 Å². The van der Waals surface area contributed by atoms with Gasteiger partial charge in [0, 0.05) is 5.57 Å². The summed E-state index contributed by atoms with van der Waals surface area (Å²) in [5.74, 6) is 0.188. The monoisotopic (exact) mass is 284 g/mol. The number of hydrogen-bond donors (Lipinski definition) is 0. The summed E-state index contributed by atoms with van der Waals surface area (Å²) in [5, 5.41) is 0. The Kier molecular flexibility index (Phi) is 9.87. The van der Waals surface area contributed by atoms with Gasteiger partial charge in [0.25, 0.3) is 0 Å². The first-order valence-electron chi connectivity index (χ1n) is 7.47. The Bertz CT molecular complexity index is 496. The molecule has 114 valence electrons. The molecule has 0 aromatic carbocycles. The Morgan fingerprint density at radius 1 is 1.10 bits per heavy atom. The molecule has 1 nitrogen and oxygen atoms in total. The van der Waals surface area contributed by atoms with Crippen molar-refractivity contribution in [3.63, 3.8) is 0 Å². The minimum atomic E-state index is 0.188. The van der Waals surface area contributed by atoms with Crippen LogP contribution in [0.4, 0.5) is 0 Å². The van der Waals surface area contributed by atoms with Crippen LogP contribution >= 0.6 is 0 Å². The molecule has 0 atom stereocenters. The topological polar surface area (TPSA) is 17.1 Å². The van der Waals surface area contributed by atoms with E-state index in [0.29, 0.717) is 0 Å². The highest BCUT2D eigenvalue weighted by Crippen LogP contribution is 2.26. The number of allylic oxidation sites excluding steroid dienone is 10. The van der Waals surface area contributed by atoms with Gasteiger partial charge in [0.05, 0.1) is 0 Å². The van der Waals surface area contributed by atoms with Crippen molar-refractivity contribution in [1.29, 1.82) is 0 Å². The van der Waals surface area contributed by atoms with Crippen LogP contribution < -0.4 is 0 Å². The quantitative estimate of drug-likeness (QED) is 0.359. The molecule has 1 heteroatoms. The van der Waals surface area contributed by atoms with Crippen molar-refractivity contribution in [1.82, 2.24) is 0 Å². The number of rotatable bonds is 3. The molecule has 1 fully saturated rings. The van der Waals surface area contributed by atoms with Crippen LogP contribution in [-0.4, -0.2) is 5.78 Å². The molecule has 1 aliphatic rings. The Balaban J connectivity index is 0.00000122. The van der Waals surface area contributed by atoms with E-state index in [-0.39, 0.29) is 5.78 Å². The Labute approximate surface area is 130 Å². The molecule has 0 saturated heterocycles. The third-order valence-electron chi connectivity index (χ3n) is 2.93. The highest BCUT2D eigenvalue weighted by Gasteiger charge is 2.20. The molecule has 21 heavy (non-hydrogen) atoms. The number of ketones is 1. The molecule has 0 unspecified atom stereocenters. The fourth-order valence-electron chi connectivity index (χ4n) is 2.10. The van der Waals surface area contributed by atoms with Gasteiger partial charge in [-0.3, -0.25) is 4.79 Å². The van der Waals surface area contributed by atoms with Crippen LogP contribution in [0.25, 0.3) is 0 Å². The average molecular weight is 284 g/mol. The average Bonchev–Trinajstić information content (AvgIpc) is 2.43. The fourth-order valence-corrected chi connectivity index (χ4v) is 2.10. The molecular weight excluding hydrogens is 256 g/mol. The lowest BCUT2D eigenvalue weighted by atomic mass is 9.87. The van der Waals surface area contributed by atoms with Gasteiger partial charge in [0.2, 0.25) is 0 Å². The largest absolute Gasteiger partial charge is 0.289 e. The molecule has 0 amide bonds. The van der Waals surface area contributed by atoms with Crippen LogP contribution in [0.5, 0.6) is 0 Å². The summed E-state index contributed by atoms with van der Waals surface area (Å²) in [6.45, 7) is 15.0. The molecule has 0 aliphatic heterocycles. The van der Waals surface area contributed by atoms with Crippen LogP contribution in [0.3, 0.4) is 0 Å². The van der Waals surface area contributed by atoms with Gasteiger partial charge in [-0.15, -0.1) is 6.58 Å². The lowest BCUT2D eigenvalue weighted by molar-refractivity contribution is -0.113. The SMILES string of the molecule is C=C(C)/C=C1\CCC\C(=C/C(/C=C\C)=C/C)C1=O.C=CC. The third kappa shape index (κ3) is 7.45. The summed E-state index contributed by atoms with van der Waals surface area (Å²) >= 11 is 0. The zero-order valence-electron chi connectivity index (χ0n) is 13.9. The summed E-state index contributed by atoms with van der Waals surface area (Å²) in [6.07, 6.45) is 14.5. The van der Waals surface area contributed by atoms with Crippen LogP contribution in [0, 0.1) is 0 Å². The summed E-state index contributed by atoms with van der Waals surface area (Å²) < 4.78 is 0. The van der Waals surface area contributed by atoms with Gasteiger partial charge >= 0.3 is 0 Å². The summed E-state index contributed by atoms with van der Waals surface area (Å²) in [4.78, 5) is 12.3. The van der Waals surface area contributed by atoms with Crippen molar-refractivity contribution in [2.24, 2.45) is 0 Å². The molecule has 0 aromatic rings. The van der Waals surface area contributed by atoms with E-state index in [1.165, 1.54) is 0 Å². The fraction of sp³-hybridized carbons (Fsp3) is 0.350. The molecule has 0 aromatic heterocycles. The van der Waals surface area contributed by atoms with Crippen LogP contribution in [0.15, 0.2) is 71.9 Å². The number of Topliss-reactive ketones (excluding diaryl/α,β-unsaturated/α-hetero) is 1. The summed E-state index contributed by atoms with van der Waals surface area (Å²) in [6, 6.07) is 0. The van der Waals surface area contributed by atoms with Crippen molar-refractivity contribution >= 4 is 5.78 Å².